The van der Waals surface area contributed by atoms with E-state index in [1.807, 2.05) is 4.90 Å². The second-order valence-corrected chi connectivity index (χ2v) is 8.12. The largest absolute Gasteiger partial charge is 0.490 e. The molecule has 0 aliphatic carbocycles. The molecule has 0 aromatic heterocycles. The number of nitro groups is 1. The number of alkyl halides is 3. The van der Waals surface area contributed by atoms with E-state index in [2.05, 4.69) is 5.32 Å². The summed E-state index contributed by atoms with van der Waals surface area (Å²) in [7, 11) is 1.33. The van der Waals surface area contributed by atoms with Crippen LogP contribution in [-0.2, 0) is 21.5 Å². The molecule has 8 nitrogen and oxygen atoms in total. The average molecular weight is 485 g/mol. The van der Waals surface area contributed by atoms with Gasteiger partial charge < -0.3 is 19.7 Å². The maximum Gasteiger partial charge on any atom is 0.416 e. The first kappa shape index (κ1) is 24.6. The molecule has 178 valence electrons. The molecule has 33 heavy (non-hydrogen) atoms. The summed E-state index contributed by atoms with van der Waals surface area (Å²) in [4.78, 5) is 24.9. The number of anilines is 2. The van der Waals surface area contributed by atoms with Crippen LogP contribution in [0.15, 0.2) is 36.4 Å². The number of nitrogens with zero attached hydrogens (tertiary/aromatic N) is 2. The van der Waals surface area contributed by atoms with E-state index in [4.69, 9.17) is 9.47 Å². The number of hydrogen-bond acceptors (Lipinski definition) is 7. The Balaban J connectivity index is 1.68. The van der Waals surface area contributed by atoms with Gasteiger partial charge in [-0.15, -0.1) is 11.8 Å². The van der Waals surface area contributed by atoms with Crippen LogP contribution in [0, 0.1) is 10.1 Å². The van der Waals surface area contributed by atoms with Gasteiger partial charge in [0, 0.05) is 24.9 Å². The molecule has 2 aromatic rings. The van der Waals surface area contributed by atoms with Crippen LogP contribution in [-0.4, -0.2) is 50.0 Å². The fourth-order valence-electron chi connectivity index (χ4n) is 3.31. The van der Waals surface area contributed by atoms with E-state index in [1.165, 1.54) is 37.1 Å². The number of halogens is 3. The molecule has 1 saturated heterocycles. The van der Waals surface area contributed by atoms with Crippen LogP contribution in [0.2, 0.25) is 0 Å². The molecule has 1 amide bonds. The molecule has 12 heteroatoms. The van der Waals surface area contributed by atoms with Gasteiger partial charge in [0.15, 0.2) is 5.75 Å². The molecule has 1 aliphatic heterocycles. The third-order valence-electron chi connectivity index (χ3n) is 4.89. The number of morpholine rings is 1. The Labute approximate surface area is 192 Å². The number of nitrogens with one attached hydrogen (secondary N) is 1. The van der Waals surface area contributed by atoms with E-state index in [9.17, 15) is 28.1 Å². The van der Waals surface area contributed by atoms with Crippen LogP contribution in [0.3, 0.4) is 0 Å². The Morgan fingerprint density at radius 1 is 1.24 bits per heavy atom. The van der Waals surface area contributed by atoms with Crippen molar-refractivity contribution in [1.29, 1.82) is 0 Å². The summed E-state index contributed by atoms with van der Waals surface area (Å²) < 4.78 is 49.9. The van der Waals surface area contributed by atoms with E-state index in [0.717, 1.165) is 12.1 Å². The summed E-state index contributed by atoms with van der Waals surface area (Å²) in [6.45, 7) is 1.88. The maximum absolute atomic E-state index is 13.2. The predicted octanol–water partition coefficient (Wildman–Crippen LogP) is 4.33. The van der Waals surface area contributed by atoms with Crippen LogP contribution in [0.25, 0.3) is 0 Å². The molecule has 1 N–H and O–H groups in total. The fraction of sp³-hybridized carbons (Fsp3) is 0.381. The van der Waals surface area contributed by atoms with Crippen LogP contribution >= 0.6 is 11.8 Å². The predicted molar refractivity (Wildman–Crippen MR) is 119 cm³/mol. The third-order valence-corrected chi connectivity index (χ3v) is 5.90. The summed E-state index contributed by atoms with van der Waals surface area (Å²) in [5, 5.41) is 13.7. The van der Waals surface area contributed by atoms with Crippen molar-refractivity contribution in [3.05, 3.63) is 57.6 Å². The molecule has 1 heterocycles. The number of ether oxygens (including phenoxy) is 2. The van der Waals surface area contributed by atoms with Crippen molar-refractivity contribution in [2.24, 2.45) is 0 Å². The zero-order valence-corrected chi connectivity index (χ0v) is 18.5. The van der Waals surface area contributed by atoms with Crippen molar-refractivity contribution in [3.63, 3.8) is 0 Å². The maximum atomic E-state index is 13.2. The highest BCUT2D eigenvalue weighted by Crippen LogP contribution is 2.36. The van der Waals surface area contributed by atoms with Gasteiger partial charge in [0.25, 0.3) is 0 Å². The van der Waals surface area contributed by atoms with Gasteiger partial charge in [-0.1, -0.05) is 6.07 Å². The molecule has 0 atom stereocenters. The Morgan fingerprint density at radius 2 is 1.97 bits per heavy atom. The molecular weight excluding hydrogens is 463 g/mol. The normalized spacial score (nSPS) is 14.1. The lowest BCUT2D eigenvalue weighted by Crippen LogP contribution is -2.37. The van der Waals surface area contributed by atoms with Gasteiger partial charge in [0.1, 0.15) is 0 Å². The van der Waals surface area contributed by atoms with Crippen molar-refractivity contribution in [1.82, 2.24) is 0 Å². The first-order chi connectivity index (χ1) is 15.7. The van der Waals surface area contributed by atoms with Gasteiger partial charge in [-0.25, -0.2) is 0 Å². The highest BCUT2D eigenvalue weighted by Gasteiger charge is 2.32. The molecular formula is C21H22F3N3O5S. The van der Waals surface area contributed by atoms with Crippen molar-refractivity contribution in [2.75, 3.05) is 49.4 Å². The number of carbonyl (C=O) groups excluding carboxylic acids is 1. The summed E-state index contributed by atoms with van der Waals surface area (Å²) in [6.07, 6.45) is -4.54. The SMILES string of the molecule is COc1ccc(CSCC(=O)Nc2cc(C(F)(F)F)ccc2N2CCOCC2)cc1[N+](=O)[O-]. The van der Waals surface area contributed by atoms with E-state index in [0.29, 0.717) is 43.3 Å². The van der Waals surface area contributed by atoms with Crippen molar-refractivity contribution < 1.29 is 32.4 Å². The Kier molecular flexibility index (Phi) is 8.03. The number of methoxy groups -OCH3 is 1. The molecule has 0 saturated carbocycles. The average Bonchev–Trinajstić information content (AvgIpc) is 2.79. The lowest BCUT2D eigenvalue weighted by Gasteiger charge is -2.31. The van der Waals surface area contributed by atoms with E-state index >= 15 is 0 Å². The van der Waals surface area contributed by atoms with Gasteiger partial charge in [-0.05, 0) is 29.8 Å². The van der Waals surface area contributed by atoms with Gasteiger partial charge in [-0.3, -0.25) is 14.9 Å². The van der Waals surface area contributed by atoms with Crippen LogP contribution in [0.5, 0.6) is 5.75 Å². The second kappa shape index (κ2) is 10.8. The quantitative estimate of drug-likeness (QED) is 0.439. The molecule has 0 radical (unpaired) electrons. The number of carbonyl (C=O) groups is 1. The minimum Gasteiger partial charge on any atom is -0.490 e. The summed E-state index contributed by atoms with van der Waals surface area (Å²) in [5.74, 6) is -0.0842. The Bertz CT molecular complexity index is 1010. The topological polar surface area (TPSA) is 93.9 Å². The van der Waals surface area contributed by atoms with E-state index in [1.54, 1.807) is 6.07 Å². The first-order valence-corrected chi connectivity index (χ1v) is 11.1. The number of nitro benzene ring substituents is 1. The number of amides is 1. The zero-order valence-electron chi connectivity index (χ0n) is 17.7. The molecule has 1 fully saturated rings. The molecule has 0 unspecified atom stereocenters. The molecule has 0 bridgehead atoms. The standard InChI is InChI=1S/C21H22F3N3O5S/c1-31-19-5-2-14(10-18(19)27(29)30)12-33-13-20(28)25-16-11-15(21(22,23)24)3-4-17(16)26-6-8-32-9-7-26/h2-5,10-11H,6-9,12-13H2,1H3,(H,25,28). The van der Waals surface area contributed by atoms with Gasteiger partial charge in [0.2, 0.25) is 5.91 Å². The van der Waals surface area contributed by atoms with Crippen LogP contribution < -0.4 is 15.0 Å². The fourth-order valence-corrected chi connectivity index (χ4v) is 4.08. The number of rotatable bonds is 8. The van der Waals surface area contributed by atoms with Crippen molar-refractivity contribution >= 4 is 34.7 Å². The summed E-state index contributed by atoms with van der Waals surface area (Å²) >= 11 is 1.19. The van der Waals surface area contributed by atoms with E-state index < -0.39 is 22.6 Å². The summed E-state index contributed by atoms with van der Waals surface area (Å²) in [5.41, 5.74) is 0.161. The number of hydrogen-bond donors (Lipinski definition) is 1. The Hall–Kier alpha value is -2.99. The first-order valence-electron chi connectivity index (χ1n) is 9.92. The zero-order chi connectivity index (χ0) is 24.0. The molecule has 2 aromatic carbocycles. The van der Waals surface area contributed by atoms with Gasteiger partial charge in [-0.2, -0.15) is 13.2 Å². The lowest BCUT2D eigenvalue weighted by molar-refractivity contribution is -0.385. The van der Waals surface area contributed by atoms with Crippen LogP contribution in [0.4, 0.5) is 30.2 Å². The van der Waals surface area contributed by atoms with Gasteiger partial charge >= 0.3 is 11.9 Å². The highest BCUT2D eigenvalue weighted by atomic mass is 32.2. The number of benzene rings is 2. The van der Waals surface area contributed by atoms with Crippen molar-refractivity contribution in [3.8, 4) is 5.75 Å². The molecule has 1 aliphatic rings. The highest BCUT2D eigenvalue weighted by molar-refractivity contribution is 7.99. The van der Waals surface area contributed by atoms with Crippen LogP contribution in [0.1, 0.15) is 11.1 Å². The molecule has 3 rings (SSSR count). The smallest absolute Gasteiger partial charge is 0.416 e. The van der Waals surface area contributed by atoms with Crippen molar-refractivity contribution in [2.45, 2.75) is 11.9 Å². The second-order valence-electron chi connectivity index (χ2n) is 7.13. The minimum absolute atomic E-state index is 0.0430. The minimum atomic E-state index is -4.54. The van der Waals surface area contributed by atoms with E-state index in [-0.39, 0.29) is 22.9 Å². The molecule has 0 spiro atoms. The lowest BCUT2D eigenvalue weighted by atomic mass is 10.1. The third kappa shape index (κ3) is 6.51. The van der Waals surface area contributed by atoms with Gasteiger partial charge in [0.05, 0.1) is 47.9 Å². The number of thioether (sulfide) groups is 1. The summed E-state index contributed by atoms with van der Waals surface area (Å²) in [6, 6.07) is 7.78. The monoisotopic (exact) mass is 485 g/mol. The Morgan fingerprint density at radius 3 is 2.61 bits per heavy atom.